The van der Waals surface area contributed by atoms with Gasteiger partial charge in [-0.3, -0.25) is 4.79 Å². The van der Waals surface area contributed by atoms with Gasteiger partial charge in [0, 0.05) is 6.07 Å². The van der Waals surface area contributed by atoms with E-state index in [4.69, 9.17) is 0 Å². The Morgan fingerprint density at radius 2 is 2.33 bits per heavy atom. The predicted molar refractivity (Wildman–Crippen MR) is 43.1 cm³/mol. The van der Waals surface area contributed by atoms with E-state index < -0.39 is 0 Å². The first-order valence-electron chi connectivity index (χ1n) is 3.42. The van der Waals surface area contributed by atoms with Gasteiger partial charge < -0.3 is 10.1 Å². The minimum atomic E-state index is -0.0262. The van der Waals surface area contributed by atoms with Crippen molar-refractivity contribution in [2.75, 3.05) is 0 Å². The number of phenols is 1. The molecule has 1 aromatic heterocycles. The highest BCUT2D eigenvalue weighted by Gasteiger charge is 2.03. The average Bonchev–Trinajstić information content (AvgIpc) is 2.49. The molecule has 0 radical (unpaired) electrons. The maximum Gasteiger partial charge on any atom is 0.153 e. The lowest BCUT2D eigenvalue weighted by Crippen LogP contribution is -1.81. The largest absolute Gasteiger partial charge is 0.507 e. The van der Waals surface area contributed by atoms with Crippen LogP contribution in [0.2, 0.25) is 0 Å². The number of aromatic hydroxyl groups is 1. The van der Waals surface area contributed by atoms with Crippen molar-refractivity contribution < 1.29 is 9.90 Å². The van der Waals surface area contributed by atoms with E-state index in [1.165, 1.54) is 18.5 Å². The Balaban J connectivity index is 2.81. The van der Waals surface area contributed by atoms with Crippen molar-refractivity contribution in [1.29, 1.82) is 0 Å². The molecule has 2 rings (SSSR count). The number of H-pyrrole nitrogens is 1. The van der Waals surface area contributed by atoms with Crippen LogP contribution in [0.4, 0.5) is 0 Å². The van der Waals surface area contributed by atoms with Crippen LogP contribution in [0.15, 0.2) is 18.5 Å². The molecule has 4 nitrogen and oxygen atoms in total. The van der Waals surface area contributed by atoms with Crippen molar-refractivity contribution in [3.63, 3.8) is 0 Å². The maximum atomic E-state index is 10.4. The second-order valence-corrected chi connectivity index (χ2v) is 2.45. The fraction of sp³-hybridized carbons (Fsp3) is 0. The Morgan fingerprint density at radius 3 is 3.08 bits per heavy atom. The van der Waals surface area contributed by atoms with Crippen LogP contribution in [0.1, 0.15) is 10.4 Å². The molecular formula is C8H6N2O2. The summed E-state index contributed by atoms with van der Waals surface area (Å²) in [6, 6.07) is 3.01. The number of carbonyl (C=O) groups is 1. The van der Waals surface area contributed by atoms with Crippen LogP contribution in [0.3, 0.4) is 0 Å². The van der Waals surface area contributed by atoms with E-state index in [9.17, 15) is 9.90 Å². The molecule has 0 aliphatic rings. The SMILES string of the molecule is O=Cc1cc2nc[nH]c2cc1O. The first-order chi connectivity index (χ1) is 5.81. The molecule has 0 saturated heterocycles. The summed E-state index contributed by atoms with van der Waals surface area (Å²) in [5, 5.41) is 9.25. The van der Waals surface area contributed by atoms with Crippen LogP contribution < -0.4 is 0 Å². The van der Waals surface area contributed by atoms with E-state index in [0.717, 1.165) is 5.52 Å². The van der Waals surface area contributed by atoms with Gasteiger partial charge in [-0.15, -0.1) is 0 Å². The summed E-state index contributed by atoms with van der Waals surface area (Å²) in [6.45, 7) is 0. The Hall–Kier alpha value is -1.84. The van der Waals surface area contributed by atoms with E-state index >= 15 is 0 Å². The van der Waals surface area contributed by atoms with Crippen LogP contribution >= 0.6 is 0 Å². The minimum absolute atomic E-state index is 0.0262. The highest BCUT2D eigenvalue weighted by Crippen LogP contribution is 2.20. The monoisotopic (exact) mass is 162 g/mol. The molecule has 0 unspecified atom stereocenters. The summed E-state index contributed by atoms with van der Waals surface area (Å²) in [4.78, 5) is 17.2. The molecule has 4 heteroatoms. The van der Waals surface area contributed by atoms with Gasteiger partial charge in [0.25, 0.3) is 0 Å². The fourth-order valence-electron chi connectivity index (χ4n) is 1.08. The second-order valence-electron chi connectivity index (χ2n) is 2.45. The normalized spacial score (nSPS) is 10.3. The number of aldehydes is 1. The van der Waals surface area contributed by atoms with Gasteiger partial charge in [0.2, 0.25) is 0 Å². The number of nitrogens with one attached hydrogen (secondary N) is 1. The Labute approximate surface area is 67.9 Å². The van der Waals surface area contributed by atoms with Crippen LogP contribution in [-0.4, -0.2) is 21.4 Å². The average molecular weight is 162 g/mol. The van der Waals surface area contributed by atoms with Gasteiger partial charge in [-0.2, -0.15) is 0 Å². The summed E-state index contributed by atoms with van der Waals surface area (Å²) in [6.07, 6.45) is 2.11. The number of aromatic nitrogens is 2. The van der Waals surface area contributed by atoms with Gasteiger partial charge in [0.05, 0.1) is 22.9 Å². The third-order valence-electron chi connectivity index (χ3n) is 1.70. The van der Waals surface area contributed by atoms with Crippen molar-refractivity contribution in [3.8, 4) is 5.75 Å². The summed E-state index contributed by atoms with van der Waals surface area (Å²) in [5.41, 5.74) is 1.66. The molecule has 2 N–H and O–H groups in total. The number of hydrogen-bond acceptors (Lipinski definition) is 3. The smallest absolute Gasteiger partial charge is 0.153 e. The number of phenolic OH excluding ortho intramolecular Hbond substituents is 1. The molecule has 1 aromatic carbocycles. The Bertz CT molecular complexity index is 434. The molecule has 12 heavy (non-hydrogen) atoms. The van der Waals surface area contributed by atoms with Gasteiger partial charge in [-0.1, -0.05) is 0 Å². The van der Waals surface area contributed by atoms with E-state index in [0.29, 0.717) is 11.8 Å². The number of imidazole rings is 1. The lowest BCUT2D eigenvalue weighted by Gasteiger charge is -1.95. The van der Waals surface area contributed by atoms with E-state index in [-0.39, 0.29) is 11.3 Å². The number of fused-ring (bicyclic) bond motifs is 1. The lowest BCUT2D eigenvalue weighted by molar-refractivity contribution is 0.112. The van der Waals surface area contributed by atoms with Crippen molar-refractivity contribution in [1.82, 2.24) is 9.97 Å². The lowest BCUT2D eigenvalue weighted by atomic mass is 10.2. The van der Waals surface area contributed by atoms with E-state index in [1.807, 2.05) is 0 Å². The zero-order valence-corrected chi connectivity index (χ0v) is 6.11. The van der Waals surface area contributed by atoms with Crippen molar-refractivity contribution in [2.45, 2.75) is 0 Å². The molecule has 0 saturated carbocycles. The minimum Gasteiger partial charge on any atom is -0.507 e. The first-order valence-corrected chi connectivity index (χ1v) is 3.42. The summed E-state index contributed by atoms with van der Waals surface area (Å²) in [5.74, 6) is -0.0262. The summed E-state index contributed by atoms with van der Waals surface area (Å²) >= 11 is 0. The molecule has 0 atom stereocenters. The molecule has 1 heterocycles. The van der Waals surface area contributed by atoms with Gasteiger partial charge in [0.1, 0.15) is 5.75 Å². The van der Waals surface area contributed by atoms with Crippen LogP contribution in [0.25, 0.3) is 11.0 Å². The van der Waals surface area contributed by atoms with Crippen LogP contribution in [0, 0.1) is 0 Å². The fourth-order valence-corrected chi connectivity index (χ4v) is 1.08. The van der Waals surface area contributed by atoms with Crippen molar-refractivity contribution in [3.05, 3.63) is 24.0 Å². The van der Waals surface area contributed by atoms with Crippen molar-refractivity contribution in [2.24, 2.45) is 0 Å². The number of aromatic amines is 1. The Morgan fingerprint density at radius 1 is 1.50 bits per heavy atom. The molecule has 0 bridgehead atoms. The molecule has 2 aromatic rings. The number of hydrogen-bond donors (Lipinski definition) is 2. The Kier molecular flexibility index (Phi) is 1.33. The van der Waals surface area contributed by atoms with Crippen LogP contribution in [-0.2, 0) is 0 Å². The van der Waals surface area contributed by atoms with Crippen LogP contribution in [0.5, 0.6) is 5.75 Å². The maximum absolute atomic E-state index is 10.4. The molecule has 0 fully saturated rings. The molecule has 60 valence electrons. The molecule has 0 aliphatic carbocycles. The molecule has 0 amide bonds. The van der Waals surface area contributed by atoms with Crippen molar-refractivity contribution >= 4 is 17.3 Å². The predicted octanol–water partition coefficient (Wildman–Crippen LogP) is 1.08. The van der Waals surface area contributed by atoms with Gasteiger partial charge in [-0.05, 0) is 6.07 Å². The van der Waals surface area contributed by atoms with E-state index in [1.54, 1.807) is 0 Å². The number of carbonyl (C=O) groups excluding carboxylic acids is 1. The highest BCUT2D eigenvalue weighted by atomic mass is 16.3. The molecule has 0 spiro atoms. The summed E-state index contributed by atoms with van der Waals surface area (Å²) in [7, 11) is 0. The first kappa shape index (κ1) is 6.84. The second kappa shape index (κ2) is 2.34. The summed E-state index contributed by atoms with van der Waals surface area (Å²) < 4.78 is 0. The molecule has 0 aliphatic heterocycles. The number of nitrogens with zero attached hydrogens (tertiary/aromatic N) is 1. The number of rotatable bonds is 1. The third kappa shape index (κ3) is 0.852. The zero-order valence-electron chi connectivity index (χ0n) is 6.11. The van der Waals surface area contributed by atoms with Gasteiger partial charge in [-0.25, -0.2) is 4.98 Å². The zero-order chi connectivity index (χ0) is 8.55. The molecular weight excluding hydrogens is 156 g/mol. The van der Waals surface area contributed by atoms with Gasteiger partial charge >= 0.3 is 0 Å². The highest BCUT2D eigenvalue weighted by molar-refractivity contribution is 5.88. The van der Waals surface area contributed by atoms with E-state index in [2.05, 4.69) is 9.97 Å². The standard InChI is InChI=1S/C8H6N2O2/c11-3-5-1-6-7(2-8(5)12)10-4-9-6/h1-4,12H,(H,9,10). The van der Waals surface area contributed by atoms with Gasteiger partial charge in [0.15, 0.2) is 6.29 Å². The number of benzene rings is 1. The third-order valence-corrected chi connectivity index (χ3v) is 1.70. The quantitative estimate of drug-likeness (QED) is 0.616. The topological polar surface area (TPSA) is 66.0 Å².